The van der Waals surface area contributed by atoms with Crippen LogP contribution in [0, 0.1) is 23.7 Å². The van der Waals surface area contributed by atoms with Gasteiger partial charge in [-0.15, -0.1) is 0 Å². The second-order valence-corrected chi connectivity index (χ2v) is 25.9. The van der Waals surface area contributed by atoms with Gasteiger partial charge in [0.05, 0.1) is 123 Å². The number of esters is 1. The number of carbonyl (C=O) groups excluding carboxylic acids is 1. The highest BCUT2D eigenvalue weighted by Gasteiger charge is 2.62. The summed E-state index contributed by atoms with van der Waals surface area (Å²) in [5.74, 6) is -0.642. The smallest absolute Gasteiger partial charge is 0.308 e. The lowest BCUT2D eigenvalue weighted by Crippen LogP contribution is -2.59. The van der Waals surface area contributed by atoms with E-state index in [0.717, 1.165) is 57.8 Å². The Morgan fingerprint density at radius 2 is 1.28 bits per heavy atom. The highest BCUT2D eigenvalue weighted by Crippen LogP contribution is 2.52. The van der Waals surface area contributed by atoms with Crippen LogP contribution in [0.1, 0.15) is 151 Å². The van der Waals surface area contributed by atoms with Gasteiger partial charge >= 0.3 is 5.97 Å². The first kappa shape index (κ1) is 58.1. The lowest BCUT2D eigenvalue weighted by molar-refractivity contribution is -0.389. The molecule has 11 heterocycles. The summed E-state index contributed by atoms with van der Waals surface area (Å²) in [6, 6.07) is 0. The molecule has 78 heavy (non-hydrogen) atoms. The first-order chi connectivity index (χ1) is 37.5. The van der Waals surface area contributed by atoms with Gasteiger partial charge in [0.2, 0.25) is 0 Å². The molecule has 1 spiro atoms. The van der Waals surface area contributed by atoms with Crippen molar-refractivity contribution in [2.24, 2.45) is 23.7 Å². The molecule has 0 unspecified atom stereocenters. The minimum Gasteiger partial charge on any atom is -0.459 e. The first-order valence-corrected chi connectivity index (χ1v) is 30.3. The highest BCUT2D eigenvalue weighted by molar-refractivity contribution is 5.70. The van der Waals surface area contributed by atoms with Crippen LogP contribution < -0.4 is 0 Å². The highest BCUT2D eigenvalue weighted by atomic mass is 17.2. The average Bonchev–Trinajstić information content (AvgIpc) is 4.41. The first-order valence-electron chi connectivity index (χ1n) is 30.3. The summed E-state index contributed by atoms with van der Waals surface area (Å²) in [6.07, 6.45) is 6.07. The number of hydrogen-bond donors (Lipinski definition) is 2. The van der Waals surface area contributed by atoms with Crippen molar-refractivity contribution >= 4 is 5.97 Å². The number of methoxy groups -OCH3 is 2. The largest absolute Gasteiger partial charge is 0.459 e. The molecule has 0 aromatic heterocycles. The molecule has 0 saturated carbocycles. The molecule has 11 saturated heterocycles. The molecule has 0 bridgehead atoms. The van der Waals surface area contributed by atoms with E-state index in [2.05, 4.69) is 47.8 Å². The topological polar surface area (TPSA) is 196 Å². The van der Waals surface area contributed by atoms with E-state index in [0.29, 0.717) is 50.9 Å². The van der Waals surface area contributed by atoms with Gasteiger partial charge in [-0.1, -0.05) is 40.9 Å². The van der Waals surface area contributed by atoms with Crippen molar-refractivity contribution in [1.29, 1.82) is 0 Å². The van der Waals surface area contributed by atoms with Crippen LogP contribution in [-0.2, 0) is 76.1 Å². The second-order valence-electron chi connectivity index (χ2n) is 25.9. The summed E-state index contributed by atoms with van der Waals surface area (Å²) in [4.78, 5) is 26.2. The Hall–Kier alpha value is -1.69. The van der Waals surface area contributed by atoms with Gasteiger partial charge in [0.15, 0.2) is 5.79 Å². The predicted molar refractivity (Wildman–Crippen MR) is 281 cm³/mol. The third-order valence-corrected chi connectivity index (χ3v) is 20.4. The molecule has 0 aromatic rings. The van der Waals surface area contributed by atoms with Gasteiger partial charge in [-0.2, -0.15) is 0 Å². The Bertz CT molecular complexity index is 2040. The van der Waals surface area contributed by atoms with Crippen molar-refractivity contribution < 1.29 is 86.4 Å². The normalized spacial score (nSPS) is 51.6. The van der Waals surface area contributed by atoms with Crippen LogP contribution in [0.5, 0.6) is 0 Å². The Morgan fingerprint density at radius 1 is 0.603 bits per heavy atom. The zero-order chi connectivity index (χ0) is 54.7. The lowest BCUT2D eigenvalue weighted by atomic mass is 9.83. The van der Waals surface area contributed by atoms with E-state index in [-0.39, 0.29) is 153 Å². The standard InChI is InChI=1S/C60H94O18/c1-29-11-12-30(2)55-51(78-77-49-23-41(62)52(28-61)73-54(29)49)27-60(76-55)26-50-44(75-60)24-47-57(72-50)34(6)56(36(8)67-47)74-53(63)22-40-16-18-43-58(70-40)46(65-10)25-48(71-43)59-45(64-9)21-39(69-59)14-13-38-20-32(4)42(68-38)17-15-37-19-31(3)33(5)35(7)66-37/h29-31,34-52,54-59,61-62H,4-5,11-28H2,1-3,6-10H3/t29-,30-,31+,34+,35+,36-,37-,38-,39+,40+,41+,42-,43-,44+,45+,46+,47-,48+,49-,50+,51-,52+,54-,55-,56+,57-,58-,59-,60-/m0/s1. The van der Waals surface area contributed by atoms with Crippen LogP contribution in [0.25, 0.3) is 0 Å². The van der Waals surface area contributed by atoms with Crippen LogP contribution in [0.15, 0.2) is 24.3 Å². The Labute approximate surface area is 462 Å². The SMILES string of the molecule is C=C1C[C@H](CC[C@@H]2C[C@@H](OC)[C@@H]([C@H]3C[C@@H](OC)[C@H]4O[C@@H](CC(=O)O[C@@H]5[C@@H](C)[C@@H]6O[C@@H]7C[C@]8(C[C@@H]9OO[C@H]%10C[C@@H](O)[C@@H](CO)O[C@H]%10[C@@H](C)CC[C@H](C)[C@@H]9O8)O[C@@H]7C[C@@H]6O[C@H]5C)CC[C@@H]4O3)O2)O[C@H]1CC[C@H]1C[C@@H](C)C(=C)[C@@H](C)O1. The summed E-state index contributed by atoms with van der Waals surface area (Å²) in [5, 5.41) is 20.5. The molecular formula is C60H94O18. The monoisotopic (exact) mass is 1100 g/mol. The van der Waals surface area contributed by atoms with E-state index >= 15 is 0 Å². The molecule has 11 aliphatic rings. The maximum absolute atomic E-state index is 13.9. The minimum atomic E-state index is -0.918. The van der Waals surface area contributed by atoms with E-state index in [9.17, 15) is 15.0 Å². The minimum absolute atomic E-state index is 0.0299. The molecule has 442 valence electrons. The summed E-state index contributed by atoms with van der Waals surface area (Å²) in [6.45, 7) is 21.1. The Balaban J connectivity index is 0.632. The third-order valence-electron chi connectivity index (χ3n) is 20.4. The molecule has 0 amide bonds. The van der Waals surface area contributed by atoms with Gasteiger partial charge in [-0.25, -0.2) is 9.78 Å². The van der Waals surface area contributed by atoms with Gasteiger partial charge in [0, 0.05) is 58.7 Å². The zero-order valence-corrected chi connectivity index (χ0v) is 47.7. The van der Waals surface area contributed by atoms with Crippen LogP contribution in [0.2, 0.25) is 0 Å². The second kappa shape index (κ2) is 24.5. The Kier molecular flexibility index (Phi) is 18.2. The molecule has 18 heteroatoms. The van der Waals surface area contributed by atoms with Crippen LogP contribution in [-0.4, -0.2) is 189 Å². The fourth-order valence-corrected chi connectivity index (χ4v) is 15.8. The van der Waals surface area contributed by atoms with Gasteiger partial charge in [-0.05, 0) is 107 Å². The van der Waals surface area contributed by atoms with Crippen molar-refractivity contribution in [2.45, 2.75) is 303 Å². The molecule has 0 aliphatic carbocycles. The van der Waals surface area contributed by atoms with Gasteiger partial charge in [0.1, 0.15) is 36.6 Å². The molecule has 11 rings (SSSR count). The summed E-state index contributed by atoms with van der Waals surface area (Å²) >= 11 is 0. The summed E-state index contributed by atoms with van der Waals surface area (Å²) in [7, 11) is 3.48. The zero-order valence-electron chi connectivity index (χ0n) is 47.7. The number of ether oxygens (including phenoxy) is 13. The number of aliphatic hydroxyl groups is 2. The molecular weight excluding hydrogens is 1010 g/mol. The van der Waals surface area contributed by atoms with Crippen molar-refractivity contribution in [3.8, 4) is 0 Å². The van der Waals surface area contributed by atoms with Gasteiger partial charge < -0.3 is 71.8 Å². The maximum Gasteiger partial charge on any atom is 0.308 e. The number of rotatable bonds is 13. The average molecular weight is 1100 g/mol. The number of hydrogen-bond acceptors (Lipinski definition) is 18. The predicted octanol–water partition coefficient (Wildman–Crippen LogP) is 6.94. The summed E-state index contributed by atoms with van der Waals surface area (Å²) in [5.41, 5.74) is 2.37. The van der Waals surface area contributed by atoms with Crippen LogP contribution in [0.4, 0.5) is 0 Å². The van der Waals surface area contributed by atoms with Crippen molar-refractivity contribution in [2.75, 3.05) is 20.8 Å². The van der Waals surface area contributed by atoms with Crippen molar-refractivity contribution in [1.82, 2.24) is 0 Å². The maximum atomic E-state index is 13.9. The van der Waals surface area contributed by atoms with Crippen LogP contribution >= 0.6 is 0 Å². The number of carbonyl (C=O) groups is 1. The van der Waals surface area contributed by atoms with E-state index in [4.69, 9.17) is 71.4 Å². The molecule has 18 nitrogen and oxygen atoms in total. The summed E-state index contributed by atoms with van der Waals surface area (Å²) < 4.78 is 85.0. The van der Waals surface area contributed by atoms with E-state index in [1.165, 1.54) is 11.1 Å². The Morgan fingerprint density at radius 3 is 2.05 bits per heavy atom. The van der Waals surface area contributed by atoms with E-state index < -0.39 is 36.3 Å². The van der Waals surface area contributed by atoms with Gasteiger partial charge in [-0.3, -0.25) is 4.79 Å². The van der Waals surface area contributed by atoms with E-state index in [1.54, 1.807) is 14.2 Å². The van der Waals surface area contributed by atoms with Crippen LogP contribution in [0.3, 0.4) is 0 Å². The fraction of sp³-hybridized carbons (Fsp3) is 0.917. The molecule has 0 radical (unpaired) electrons. The number of aliphatic hydroxyl groups excluding tert-OH is 2. The van der Waals surface area contributed by atoms with Crippen molar-refractivity contribution in [3.05, 3.63) is 24.3 Å². The number of fused-ring (bicyclic) bond motifs is 5. The quantitative estimate of drug-likeness (QED) is 0.109. The lowest BCUT2D eigenvalue weighted by Gasteiger charge is -2.49. The van der Waals surface area contributed by atoms with Gasteiger partial charge in [0.25, 0.3) is 0 Å². The molecule has 29 atom stereocenters. The molecule has 11 aliphatic heterocycles. The molecule has 0 aromatic carbocycles. The molecule has 11 fully saturated rings. The third kappa shape index (κ3) is 12.1. The van der Waals surface area contributed by atoms with Crippen molar-refractivity contribution in [3.63, 3.8) is 0 Å². The molecule has 2 N–H and O–H groups in total. The fourth-order valence-electron chi connectivity index (χ4n) is 15.8. The van der Waals surface area contributed by atoms with E-state index in [1.807, 2.05) is 6.92 Å².